The molecule has 0 aromatic carbocycles. The first-order chi connectivity index (χ1) is 45.4. The first kappa shape index (κ1) is 85.7. The number of hydrogen-bond donors (Lipinski definition) is 14. The number of carbonyl (C=O) groups is 3. The standard InChI is InChI=1S/C71H132N2O21/c1-4-6-8-10-12-14-16-18-19-20-21-22-23-24-25-26-27-28-29-30-31-32-33-35-37-39-41-43-45-58(81)73-52(53(78)44-42-40-38-36-34-17-15-13-11-9-7-5-2)50-89-68-63(85)62(84)65(57(49-76)91-68)92-69-64(86)67(61(83)56(48-75)90-69)94-71(70(87)88)46-54(79)59(72-51(3)77)66(93-71)60(82)55(80)47-74/h42,44,52-57,59-69,74-76,78-80,82-86H,4-41,43,45-50H2,1-3H3,(H,72,77)(H,73,81)(H,87,88)/b44-42+. The van der Waals surface area contributed by atoms with E-state index in [0.29, 0.717) is 12.8 Å². The van der Waals surface area contributed by atoms with E-state index in [1.165, 1.54) is 193 Å². The van der Waals surface area contributed by atoms with Gasteiger partial charge in [-0.1, -0.05) is 257 Å². The van der Waals surface area contributed by atoms with E-state index in [1.54, 1.807) is 6.08 Å². The molecule has 0 aromatic rings. The van der Waals surface area contributed by atoms with Gasteiger partial charge in [0.2, 0.25) is 11.8 Å². The van der Waals surface area contributed by atoms with Crippen LogP contribution in [0.3, 0.4) is 0 Å². The normalized spacial score (nSPS) is 27.9. The summed E-state index contributed by atoms with van der Waals surface area (Å²) in [7, 11) is 0. The van der Waals surface area contributed by atoms with Gasteiger partial charge >= 0.3 is 5.97 Å². The van der Waals surface area contributed by atoms with Crippen molar-refractivity contribution < 1.29 is 104 Å². The van der Waals surface area contributed by atoms with Crippen LogP contribution in [0.15, 0.2) is 12.2 Å². The predicted molar refractivity (Wildman–Crippen MR) is 357 cm³/mol. The van der Waals surface area contributed by atoms with Crippen molar-refractivity contribution in [3.63, 3.8) is 0 Å². The lowest BCUT2D eigenvalue weighted by Gasteiger charge is -2.50. The van der Waals surface area contributed by atoms with E-state index in [1.807, 2.05) is 6.08 Å². The molecule has 3 aliphatic heterocycles. The molecule has 14 N–H and O–H groups in total. The molecule has 0 saturated carbocycles. The van der Waals surface area contributed by atoms with Crippen LogP contribution in [0.4, 0.5) is 0 Å². The Balaban J connectivity index is 1.50. The number of carboxylic acids is 1. The van der Waals surface area contributed by atoms with E-state index >= 15 is 0 Å². The molecule has 18 atom stereocenters. The van der Waals surface area contributed by atoms with E-state index < -0.39 is 155 Å². The molecule has 23 heteroatoms. The second kappa shape index (κ2) is 51.6. The molecule has 3 heterocycles. The van der Waals surface area contributed by atoms with Gasteiger partial charge in [-0.25, -0.2) is 4.79 Å². The van der Waals surface area contributed by atoms with Crippen molar-refractivity contribution in [3.05, 3.63) is 12.2 Å². The number of ether oxygens (including phenoxy) is 6. The monoisotopic (exact) mass is 1350 g/mol. The van der Waals surface area contributed by atoms with Gasteiger partial charge in [0.15, 0.2) is 12.6 Å². The SMILES string of the molecule is CCCCCCCCCCCC/C=C/C(O)C(COC1OC(CO)C(OC2OC(CO)C(O)C(OC3(C(=O)O)CC(O)C(NC(C)=O)C(C(O)C(O)CO)O3)C2O)C(O)C1O)NC(=O)CCCCCCCCCCCCCCCCCCCCCCCCCCCCCC. The van der Waals surface area contributed by atoms with Crippen LogP contribution >= 0.6 is 0 Å². The fourth-order valence-electron chi connectivity index (χ4n) is 13.1. The molecular weight excluding hydrogens is 1220 g/mol. The fourth-order valence-corrected chi connectivity index (χ4v) is 13.1. The van der Waals surface area contributed by atoms with Crippen molar-refractivity contribution in [2.45, 2.75) is 394 Å². The van der Waals surface area contributed by atoms with Crippen molar-refractivity contribution in [1.82, 2.24) is 10.6 Å². The molecule has 18 unspecified atom stereocenters. The summed E-state index contributed by atoms with van der Waals surface area (Å²) in [6, 6.07) is -2.61. The molecule has 3 aliphatic rings. The van der Waals surface area contributed by atoms with Crippen LogP contribution in [0.1, 0.15) is 284 Å². The van der Waals surface area contributed by atoms with Gasteiger partial charge in [0.05, 0.1) is 50.7 Å². The lowest BCUT2D eigenvalue weighted by Crippen LogP contribution is -2.70. The summed E-state index contributed by atoms with van der Waals surface area (Å²) < 4.78 is 34.8. The average molecular weight is 1350 g/mol. The van der Waals surface area contributed by atoms with Crippen LogP contribution in [0.2, 0.25) is 0 Å². The number of aliphatic hydroxyl groups is 11. The molecule has 0 aliphatic carbocycles. The largest absolute Gasteiger partial charge is 0.477 e. The summed E-state index contributed by atoms with van der Waals surface area (Å²) in [5.74, 6) is -6.13. The summed E-state index contributed by atoms with van der Waals surface area (Å²) in [5.41, 5.74) is 0. The molecule has 2 amide bonds. The summed E-state index contributed by atoms with van der Waals surface area (Å²) in [5, 5.41) is 136. The third kappa shape index (κ3) is 33.1. The molecule has 0 radical (unpaired) electrons. The Bertz CT molecular complexity index is 1940. The van der Waals surface area contributed by atoms with Crippen molar-refractivity contribution in [2.75, 3.05) is 26.4 Å². The second-order valence-electron chi connectivity index (χ2n) is 27.2. The Morgan fingerprint density at radius 3 is 1.41 bits per heavy atom. The van der Waals surface area contributed by atoms with Crippen LogP contribution < -0.4 is 10.6 Å². The van der Waals surface area contributed by atoms with Crippen LogP contribution in [0.5, 0.6) is 0 Å². The summed E-state index contributed by atoms with van der Waals surface area (Å²) in [6.07, 6.45) is 22.8. The van der Waals surface area contributed by atoms with Gasteiger partial charge in [-0.05, 0) is 19.3 Å². The van der Waals surface area contributed by atoms with Crippen LogP contribution in [-0.2, 0) is 42.8 Å². The Morgan fingerprint density at radius 1 is 0.553 bits per heavy atom. The van der Waals surface area contributed by atoms with E-state index in [0.717, 1.165) is 51.9 Å². The van der Waals surface area contributed by atoms with Gasteiger partial charge in [0.1, 0.15) is 67.1 Å². The number of rotatable bonds is 57. The number of amides is 2. The molecule has 552 valence electrons. The number of nitrogens with one attached hydrogen (secondary N) is 2. The summed E-state index contributed by atoms with van der Waals surface area (Å²) >= 11 is 0. The smallest absolute Gasteiger partial charge is 0.364 e. The van der Waals surface area contributed by atoms with Gasteiger partial charge in [-0.15, -0.1) is 0 Å². The number of carboxylic acid groups (broad SMARTS) is 1. The molecule has 0 spiro atoms. The zero-order valence-electron chi connectivity index (χ0n) is 57.8. The number of carbonyl (C=O) groups excluding carboxylic acids is 2. The lowest BCUT2D eigenvalue weighted by atomic mass is 9.88. The minimum atomic E-state index is -3.08. The molecule has 23 nitrogen and oxygen atoms in total. The maximum absolute atomic E-state index is 13.5. The molecule has 3 fully saturated rings. The number of allylic oxidation sites excluding steroid dienone is 1. The molecule has 3 saturated heterocycles. The quantitative estimate of drug-likeness (QED) is 0.0203. The molecule has 0 aromatic heterocycles. The maximum atomic E-state index is 13.5. The van der Waals surface area contributed by atoms with Gasteiger partial charge in [0, 0.05) is 19.8 Å². The van der Waals surface area contributed by atoms with Crippen LogP contribution in [-0.4, -0.2) is 215 Å². The zero-order valence-corrected chi connectivity index (χ0v) is 57.8. The van der Waals surface area contributed by atoms with E-state index in [2.05, 4.69) is 24.5 Å². The van der Waals surface area contributed by atoms with E-state index in [4.69, 9.17) is 28.4 Å². The van der Waals surface area contributed by atoms with E-state index in [9.17, 15) is 75.7 Å². The van der Waals surface area contributed by atoms with Gasteiger partial charge in [-0.2, -0.15) is 0 Å². The predicted octanol–water partition coefficient (Wildman–Crippen LogP) is 7.85. The number of hydrogen-bond acceptors (Lipinski definition) is 20. The molecule has 94 heavy (non-hydrogen) atoms. The second-order valence-corrected chi connectivity index (χ2v) is 27.2. The Hall–Kier alpha value is -2.53. The van der Waals surface area contributed by atoms with Gasteiger partial charge in [-0.3, -0.25) is 9.59 Å². The van der Waals surface area contributed by atoms with Crippen molar-refractivity contribution >= 4 is 17.8 Å². The minimum absolute atomic E-state index is 0.205. The maximum Gasteiger partial charge on any atom is 0.364 e. The highest BCUT2D eigenvalue weighted by molar-refractivity contribution is 5.77. The first-order valence-corrected chi connectivity index (χ1v) is 37.1. The zero-order chi connectivity index (χ0) is 68.9. The van der Waals surface area contributed by atoms with Crippen molar-refractivity contribution in [1.29, 1.82) is 0 Å². The highest BCUT2D eigenvalue weighted by atomic mass is 16.8. The number of aliphatic hydroxyl groups excluding tert-OH is 11. The third-order valence-electron chi connectivity index (χ3n) is 19.0. The van der Waals surface area contributed by atoms with Gasteiger partial charge < -0.3 is 100 Å². The summed E-state index contributed by atoms with van der Waals surface area (Å²) in [4.78, 5) is 38.5. The van der Waals surface area contributed by atoms with Crippen molar-refractivity contribution in [3.8, 4) is 0 Å². The van der Waals surface area contributed by atoms with Crippen molar-refractivity contribution in [2.24, 2.45) is 0 Å². The van der Waals surface area contributed by atoms with Gasteiger partial charge in [0.25, 0.3) is 5.79 Å². The lowest BCUT2D eigenvalue weighted by molar-refractivity contribution is -0.386. The Labute approximate surface area is 562 Å². The molecular formula is C71H132N2O21. The average Bonchev–Trinajstić information content (AvgIpc) is 0.758. The van der Waals surface area contributed by atoms with Crippen LogP contribution in [0, 0.1) is 0 Å². The minimum Gasteiger partial charge on any atom is -0.477 e. The molecule has 3 rings (SSSR count). The van der Waals surface area contributed by atoms with E-state index in [-0.39, 0.29) is 12.3 Å². The highest BCUT2D eigenvalue weighted by Crippen LogP contribution is 2.39. The topological polar surface area (TPSA) is 373 Å². The molecule has 0 bridgehead atoms. The third-order valence-corrected chi connectivity index (χ3v) is 19.0. The first-order valence-electron chi connectivity index (χ1n) is 37.1. The van der Waals surface area contributed by atoms with Crippen LogP contribution in [0.25, 0.3) is 0 Å². The fraction of sp³-hybridized carbons (Fsp3) is 0.930. The number of aliphatic carboxylic acids is 1. The summed E-state index contributed by atoms with van der Waals surface area (Å²) in [6.45, 7) is 2.14. The Kier molecular flexibility index (Phi) is 47.0. The Morgan fingerprint density at radius 2 is 0.989 bits per heavy atom. The highest BCUT2D eigenvalue weighted by Gasteiger charge is 2.60. The number of unbranched alkanes of at least 4 members (excludes halogenated alkanes) is 37.